The van der Waals surface area contributed by atoms with Gasteiger partial charge in [0.1, 0.15) is 17.5 Å². The molecule has 0 saturated carbocycles. The molecule has 0 spiro atoms. The number of carbonyl (C=O) groups is 1. The van der Waals surface area contributed by atoms with Crippen LogP contribution >= 0.6 is 0 Å². The smallest absolute Gasteiger partial charge is 0.261 e. The van der Waals surface area contributed by atoms with Gasteiger partial charge in [-0.15, -0.1) is 0 Å². The Hall–Kier alpha value is -3.02. The van der Waals surface area contributed by atoms with Crippen molar-refractivity contribution in [2.45, 2.75) is 18.6 Å². The molecule has 11 heteroatoms. The van der Waals surface area contributed by atoms with E-state index < -0.39 is 28.2 Å². The van der Waals surface area contributed by atoms with Crippen LogP contribution in [0.4, 0.5) is 5.82 Å². The molecule has 154 valence electrons. The van der Waals surface area contributed by atoms with Crippen LogP contribution in [0.25, 0.3) is 22.4 Å². The third-order valence-electron chi connectivity index (χ3n) is 4.31. The van der Waals surface area contributed by atoms with Crippen molar-refractivity contribution < 1.29 is 22.9 Å². The number of H-pyrrole nitrogens is 1. The molecule has 3 aromatic rings. The number of hydrogen-bond donors (Lipinski definition) is 4. The summed E-state index contributed by atoms with van der Waals surface area (Å²) >= 11 is 0. The molecule has 0 bridgehead atoms. The fourth-order valence-electron chi connectivity index (χ4n) is 3.18. The van der Waals surface area contributed by atoms with Gasteiger partial charge in [0.25, 0.3) is 10.1 Å². The number of aromatic nitrogens is 3. The second-order valence-electron chi connectivity index (χ2n) is 6.67. The average Bonchev–Trinajstić information content (AvgIpc) is 3.26. The highest BCUT2D eigenvalue weighted by Crippen LogP contribution is 2.32. The second kappa shape index (κ2) is 8.15. The SMILES string of the molecule is CS(=O)(=O)O.NC(=O)[C@@H]1C[C@@H](O)CN1c1nc(-c2ccccc2)nc2[nH]ccc12. The fraction of sp³-hybridized carbons (Fsp3) is 0.278. The molecule has 0 unspecified atom stereocenters. The van der Waals surface area contributed by atoms with Crippen molar-refractivity contribution in [2.24, 2.45) is 5.73 Å². The molecule has 4 rings (SSSR count). The minimum absolute atomic E-state index is 0.311. The standard InChI is InChI=1S/C17H17N5O2.CH4O3S/c18-14(24)13-8-11(23)9-22(13)17-12-6-7-19-16(12)20-15(21-17)10-4-2-1-3-5-10;1-5(2,3)4/h1-7,11,13,23H,8-9H2,(H2,18,24)(H,19,20,21);1H3,(H,2,3,4)/t11-,13+;/m1./s1. The highest BCUT2D eigenvalue weighted by molar-refractivity contribution is 7.85. The van der Waals surface area contributed by atoms with Gasteiger partial charge in [0.2, 0.25) is 5.91 Å². The van der Waals surface area contributed by atoms with Crippen molar-refractivity contribution in [3.05, 3.63) is 42.6 Å². The number of amides is 1. The van der Waals surface area contributed by atoms with Crippen LogP contribution in [0.1, 0.15) is 6.42 Å². The summed E-state index contributed by atoms with van der Waals surface area (Å²) in [5, 5.41) is 10.8. The van der Waals surface area contributed by atoms with Crippen LogP contribution in [0.2, 0.25) is 0 Å². The van der Waals surface area contributed by atoms with Crippen molar-refractivity contribution >= 4 is 32.9 Å². The summed E-state index contributed by atoms with van der Waals surface area (Å²) in [5.74, 6) is 0.709. The topological polar surface area (TPSA) is 162 Å². The van der Waals surface area contributed by atoms with Gasteiger partial charge in [-0.25, -0.2) is 9.97 Å². The maximum absolute atomic E-state index is 11.8. The van der Waals surface area contributed by atoms with Crippen molar-refractivity contribution in [1.82, 2.24) is 15.0 Å². The molecule has 29 heavy (non-hydrogen) atoms. The van der Waals surface area contributed by atoms with Crippen LogP contribution in [0, 0.1) is 0 Å². The summed E-state index contributed by atoms with van der Waals surface area (Å²) in [6.45, 7) is 0.319. The van der Waals surface area contributed by atoms with Gasteiger partial charge in [-0.1, -0.05) is 30.3 Å². The third kappa shape index (κ3) is 5.08. The van der Waals surface area contributed by atoms with Gasteiger partial charge in [-0.05, 0) is 6.07 Å². The molecular weight excluding hydrogens is 398 g/mol. The first-order chi connectivity index (χ1) is 13.6. The molecule has 10 nitrogen and oxygen atoms in total. The number of nitrogens with one attached hydrogen (secondary N) is 1. The largest absolute Gasteiger partial charge is 0.391 e. The Morgan fingerprint density at radius 3 is 2.52 bits per heavy atom. The average molecular weight is 419 g/mol. The molecule has 2 atom stereocenters. The van der Waals surface area contributed by atoms with E-state index in [0.29, 0.717) is 36.5 Å². The lowest BCUT2D eigenvalue weighted by molar-refractivity contribution is -0.119. The number of benzene rings is 1. The number of hydrogen-bond acceptors (Lipinski definition) is 7. The second-order valence-corrected chi connectivity index (χ2v) is 8.14. The van der Waals surface area contributed by atoms with Crippen LogP contribution in [-0.2, 0) is 14.9 Å². The van der Waals surface area contributed by atoms with Crippen molar-refractivity contribution in [1.29, 1.82) is 0 Å². The summed E-state index contributed by atoms with van der Waals surface area (Å²) in [6.07, 6.45) is 2.20. The Labute approximate surface area is 167 Å². The third-order valence-corrected chi connectivity index (χ3v) is 4.31. The predicted molar refractivity (Wildman–Crippen MR) is 108 cm³/mol. The van der Waals surface area contributed by atoms with Gasteiger partial charge in [0, 0.05) is 24.7 Å². The van der Waals surface area contributed by atoms with Crippen LogP contribution in [-0.4, -0.2) is 63.9 Å². The lowest BCUT2D eigenvalue weighted by Gasteiger charge is -2.24. The summed E-state index contributed by atoms with van der Waals surface area (Å²) < 4.78 is 25.9. The lowest BCUT2D eigenvalue weighted by atomic mass is 10.2. The normalized spacial score (nSPS) is 19.1. The predicted octanol–water partition coefficient (Wildman–Crippen LogP) is 0.554. The van der Waals surface area contributed by atoms with E-state index in [0.717, 1.165) is 10.9 Å². The highest BCUT2D eigenvalue weighted by Gasteiger charge is 2.36. The number of aromatic amines is 1. The molecule has 3 heterocycles. The van der Waals surface area contributed by atoms with Gasteiger partial charge < -0.3 is 20.7 Å². The summed E-state index contributed by atoms with van der Waals surface area (Å²) in [6, 6.07) is 10.9. The zero-order valence-corrected chi connectivity index (χ0v) is 16.4. The first-order valence-corrected chi connectivity index (χ1v) is 10.6. The lowest BCUT2D eigenvalue weighted by Crippen LogP contribution is -2.40. The van der Waals surface area contributed by atoms with E-state index in [9.17, 15) is 18.3 Å². The Morgan fingerprint density at radius 1 is 1.24 bits per heavy atom. The van der Waals surface area contributed by atoms with Crippen LogP contribution in [0.15, 0.2) is 42.6 Å². The molecule has 0 aliphatic carbocycles. The number of fused-ring (bicyclic) bond motifs is 1. The number of anilines is 1. The number of nitrogens with two attached hydrogens (primary N) is 1. The molecule has 1 fully saturated rings. The van der Waals surface area contributed by atoms with Crippen molar-refractivity contribution in [2.75, 3.05) is 17.7 Å². The number of carbonyl (C=O) groups excluding carboxylic acids is 1. The molecule has 1 amide bonds. The van der Waals surface area contributed by atoms with Gasteiger partial charge in [0.05, 0.1) is 17.7 Å². The van der Waals surface area contributed by atoms with E-state index in [2.05, 4.69) is 15.0 Å². The monoisotopic (exact) mass is 419 g/mol. The van der Waals surface area contributed by atoms with E-state index in [1.807, 2.05) is 36.4 Å². The van der Waals surface area contributed by atoms with Crippen molar-refractivity contribution in [3.63, 3.8) is 0 Å². The number of rotatable bonds is 3. The summed E-state index contributed by atoms with van der Waals surface area (Å²) in [4.78, 5) is 25.9. The van der Waals surface area contributed by atoms with E-state index in [1.54, 1.807) is 11.1 Å². The van der Waals surface area contributed by atoms with Gasteiger partial charge in [-0.3, -0.25) is 9.35 Å². The first-order valence-electron chi connectivity index (χ1n) is 8.70. The summed E-state index contributed by atoms with van der Waals surface area (Å²) in [5.41, 5.74) is 7.08. The zero-order valence-electron chi connectivity index (χ0n) is 15.6. The molecule has 0 radical (unpaired) electrons. The number of primary amides is 1. The quantitative estimate of drug-likeness (QED) is 0.447. The van der Waals surface area contributed by atoms with E-state index >= 15 is 0 Å². The molecule has 5 N–H and O–H groups in total. The Kier molecular flexibility index (Phi) is 5.82. The number of aliphatic hydroxyl groups is 1. The van der Waals surface area contributed by atoms with Gasteiger partial charge in [-0.2, -0.15) is 8.42 Å². The molecule has 1 saturated heterocycles. The fourth-order valence-corrected chi connectivity index (χ4v) is 3.18. The van der Waals surface area contributed by atoms with E-state index in [1.165, 1.54) is 0 Å². The number of β-amino-alcohol motifs (C(OH)–C–C–N with tert-alkyl or cyclic N) is 1. The first kappa shape index (κ1) is 20.7. The maximum atomic E-state index is 11.8. The van der Waals surface area contributed by atoms with Crippen LogP contribution < -0.4 is 10.6 Å². The van der Waals surface area contributed by atoms with Gasteiger partial charge in [0.15, 0.2) is 5.82 Å². The van der Waals surface area contributed by atoms with Crippen molar-refractivity contribution in [3.8, 4) is 11.4 Å². The Morgan fingerprint density at radius 2 is 1.90 bits per heavy atom. The molecule has 2 aromatic heterocycles. The maximum Gasteiger partial charge on any atom is 0.261 e. The molecule has 1 aliphatic rings. The number of aliphatic hydroxyl groups excluding tert-OH is 1. The van der Waals surface area contributed by atoms with E-state index in [4.69, 9.17) is 10.3 Å². The Bertz CT molecular complexity index is 1110. The summed E-state index contributed by atoms with van der Waals surface area (Å²) in [7, 11) is -3.67. The Balaban J connectivity index is 0.000000431. The minimum atomic E-state index is -3.67. The highest BCUT2D eigenvalue weighted by atomic mass is 32.2. The molecule has 1 aromatic carbocycles. The van der Waals surface area contributed by atoms with E-state index in [-0.39, 0.29) is 0 Å². The zero-order chi connectivity index (χ0) is 21.2. The minimum Gasteiger partial charge on any atom is -0.391 e. The molecular formula is C18H21N5O5S. The molecule has 1 aliphatic heterocycles. The van der Waals surface area contributed by atoms with Crippen LogP contribution in [0.5, 0.6) is 0 Å². The number of nitrogens with zero attached hydrogens (tertiary/aromatic N) is 3. The van der Waals surface area contributed by atoms with Gasteiger partial charge >= 0.3 is 0 Å². The van der Waals surface area contributed by atoms with Crippen LogP contribution in [0.3, 0.4) is 0 Å².